The molecule has 0 aliphatic rings. The molecule has 5 nitrogen and oxygen atoms in total. The van der Waals surface area contributed by atoms with E-state index < -0.39 is 0 Å². The van der Waals surface area contributed by atoms with Crippen molar-refractivity contribution in [2.24, 2.45) is 4.99 Å². The number of hydrogen-bond acceptors (Lipinski definition) is 3. The summed E-state index contributed by atoms with van der Waals surface area (Å²) in [7, 11) is 1.73. The predicted molar refractivity (Wildman–Crippen MR) is 89.4 cm³/mol. The molecule has 1 rings (SSSR count). The minimum atomic E-state index is -0.283. The Hall–Kier alpha value is -2.01. The second-order valence-corrected chi connectivity index (χ2v) is 5.14. The van der Waals surface area contributed by atoms with E-state index in [-0.39, 0.29) is 17.9 Å². The van der Waals surface area contributed by atoms with E-state index in [9.17, 15) is 9.59 Å². The van der Waals surface area contributed by atoms with Gasteiger partial charge in [-0.25, -0.2) is 4.99 Å². The first-order chi connectivity index (χ1) is 10.6. The molecular formula is C17H25N3O2. The molecule has 0 saturated heterocycles. The van der Waals surface area contributed by atoms with Crippen molar-refractivity contribution in [2.45, 2.75) is 38.6 Å². The van der Waals surface area contributed by atoms with E-state index in [1.54, 1.807) is 7.05 Å². The minimum Gasteiger partial charge on any atom is -0.352 e. The monoisotopic (exact) mass is 303 g/mol. The lowest BCUT2D eigenvalue weighted by molar-refractivity contribution is -0.119. The second-order valence-electron chi connectivity index (χ2n) is 5.14. The SMILES string of the molecule is C=NC(=O)C(CCCCNC(=O)c1ccc(CC)cc1)NC. The molecule has 22 heavy (non-hydrogen) atoms. The van der Waals surface area contributed by atoms with Crippen LogP contribution in [0.5, 0.6) is 0 Å². The van der Waals surface area contributed by atoms with Gasteiger partial charge in [-0.1, -0.05) is 19.1 Å². The Morgan fingerprint density at radius 1 is 1.23 bits per heavy atom. The quantitative estimate of drug-likeness (QED) is 0.541. The Bertz CT molecular complexity index is 497. The minimum absolute atomic E-state index is 0.0587. The van der Waals surface area contributed by atoms with E-state index in [0.29, 0.717) is 18.5 Å². The lowest BCUT2D eigenvalue weighted by atomic mass is 10.1. The van der Waals surface area contributed by atoms with Gasteiger partial charge in [0.25, 0.3) is 11.8 Å². The molecule has 0 radical (unpaired) electrons. The molecule has 5 heteroatoms. The molecule has 2 N–H and O–H groups in total. The Kier molecular flexibility index (Phi) is 8.07. The van der Waals surface area contributed by atoms with E-state index in [0.717, 1.165) is 19.3 Å². The molecule has 0 aliphatic heterocycles. The van der Waals surface area contributed by atoms with Gasteiger partial charge in [-0.15, -0.1) is 0 Å². The van der Waals surface area contributed by atoms with Crippen LogP contribution in [0.2, 0.25) is 0 Å². The first-order valence-corrected chi connectivity index (χ1v) is 7.67. The number of carbonyl (C=O) groups is 2. The molecule has 120 valence electrons. The molecule has 0 spiro atoms. The average Bonchev–Trinajstić information content (AvgIpc) is 2.57. The van der Waals surface area contributed by atoms with Crippen LogP contribution >= 0.6 is 0 Å². The van der Waals surface area contributed by atoms with E-state index in [1.165, 1.54) is 5.56 Å². The highest BCUT2D eigenvalue weighted by Crippen LogP contribution is 2.06. The zero-order chi connectivity index (χ0) is 16.4. The van der Waals surface area contributed by atoms with Crippen molar-refractivity contribution < 1.29 is 9.59 Å². The number of carbonyl (C=O) groups excluding carboxylic acids is 2. The number of rotatable bonds is 9. The molecule has 0 heterocycles. The van der Waals surface area contributed by atoms with Gasteiger partial charge in [0.2, 0.25) is 0 Å². The molecule has 0 aromatic heterocycles. The van der Waals surface area contributed by atoms with E-state index in [1.807, 2.05) is 24.3 Å². The van der Waals surface area contributed by atoms with Crippen molar-refractivity contribution in [3.05, 3.63) is 35.4 Å². The number of aliphatic imine (C=N–C) groups is 1. The maximum atomic E-state index is 12.0. The lowest BCUT2D eigenvalue weighted by Crippen LogP contribution is -2.33. The number of benzene rings is 1. The van der Waals surface area contributed by atoms with Crippen LogP contribution in [0, 0.1) is 0 Å². The van der Waals surface area contributed by atoms with E-state index >= 15 is 0 Å². The van der Waals surface area contributed by atoms with Gasteiger partial charge in [-0.05, 0) is 57.1 Å². The van der Waals surface area contributed by atoms with Crippen LogP contribution in [0.25, 0.3) is 0 Å². The highest BCUT2D eigenvalue weighted by atomic mass is 16.2. The fourth-order valence-corrected chi connectivity index (χ4v) is 2.17. The summed E-state index contributed by atoms with van der Waals surface area (Å²) in [6, 6.07) is 7.36. The molecule has 0 saturated carbocycles. The van der Waals surface area contributed by atoms with Gasteiger partial charge in [0.1, 0.15) is 0 Å². The van der Waals surface area contributed by atoms with Crippen LogP contribution in [-0.2, 0) is 11.2 Å². The molecule has 0 fully saturated rings. The summed E-state index contributed by atoms with van der Waals surface area (Å²) in [4.78, 5) is 26.8. The first kappa shape index (κ1) is 18.0. The first-order valence-electron chi connectivity index (χ1n) is 7.67. The number of nitrogens with zero attached hydrogens (tertiary/aromatic N) is 1. The van der Waals surface area contributed by atoms with Gasteiger partial charge in [-0.3, -0.25) is 9.59 Å². The van der Waals surface area contributed by atoms with Gasteiger partial charge < -0.3 is 10.6 Å². The summed E-state index contributed by atoms with van der Waals surface area (Å²) in [5.41, 5.74) is 1.89. The Labute approximate surface area is 132 Å². The highest BCUT2D eigenvalue weighted by molar-refractivity contribution is 5.94. The smallest absolute Gasteiger partial charge is 0.262 e. The van der Waals surface area contributed by atoms with Crippen molar-refractivity contribution >= 4 is 18.5 Å². The number of hydrogen-bond donors (Lipinski definition) is 2. The second kappa shape index (κ2) is 9.84. The Morgan fingerprint density at radius 3 is 2.45 bits per heavy atom. The topological polar surface area (TPSA) is 70.6 Å². The molecule has 1 aromatic rings. The van der Waals surface area contributed by atoms with Crippen LogP contribution < -0.4 is 10.6 Å². The molecule has 2 amide bonds. The molecule has 1 unspecified atom stereocenters. The van der Waals surface area contributed by atoms with E-state index in [4.69, 9.17) is 0 Å². The largest absolute Gasteiger partial charge is 0.352 e. The zero-order valence-electron chi connectivity index (χ0n) is 13.4. The lowest BCUT2D eigenvalue weighted by Gasteiger charge is -2.11. The van der Waals surface area contributed by atoms with E-state index in [2.05, 4.69) is 29.3 Å². The Morgan fingerprint density at radius 2 is 1.91 bits per heavy atom. The molecule has 0 aliphatic carbocycles. The number of likely N-dealkylation sites (N-methyl/N-ethyl adjacent to an activating group) is 1. The van der Waals surface area contributed by atoms with Crippen LogP contribution in [0.4, 0.5) is 0 Å². The third kappa shape index (κ3) is 5.77. The molecular weight excluding hydrogens is 278 g/mol. The predicted octanol–water partition coefficient (Wildman–Crippen LogP) is 1.96. The summed E-state index contributed by atoms with van der Waals surface area (Å²) in [6.07, 6.45) is 3.31. The third-order valence-electron chi connectivity index (χ3n) is 3.63. The van der Waals surface area contributed by atoms with Crippen LogP contribution in [-0.4, -0.2) is 38.2 Å². The summed E-state index contributed by atoms with van der Waals surface area (Å²) in [5.74, 6) is -0.292. The van der Waals surface area contributed by atoms with Gasteiger partial charge >= 0.3 is 0 Å². The fourth-order valence-electron chi connectivity index (χ4n) is 2.17. The van der Waals surface area contributed by atoms with Crippen molar-refractivity contribution in [1.82, 2.24) is 10.6 Å². The van der Waals surface area contributed by atoms with Gasteiger partial charge in [0.15, 0.2) is 0 Å². The summed E-state index contributed by atoms with van der Waals surface area (Å²) < 4.78 is 0. The van der Waals surface area contributed by atoms with Crippen LogP contribution in [0.3, 0.4) is 0 Å². The summed E-state index contributed by atoms with van der Waals surface area (Å²) in [5, 5.41) is 5.81. The number of unbranched alkanes of at least 4 members (excludes halogenated alkanes) is 1. The Balaban J connectivity index is 2.27. The number of aryl methyl sites for hydroxylation is 1. The van der Waals surface area contributed by atoms with Crippen molar-refractivity contribution in [2.75, 3.05) is 13.6 Å². The van der Waals surface area contributed by atoms with Gasteiger partial charge in [-0.2, -0.15) is 0 Å². The van der Waals surface area contributed by atoms with Crippen LogP contribution in [0.1, 0.15) is 42.1 Å². The standard InChI is InChI=1S/C17H25N3O2/c1-4-13-8-10-14(11-9-13)16(21)20-12-6-5-7-15(18-2)17(22)19-3/h8-11,15,18H,3-7,12H2,1-2H3,(H,20,21). The zero-order valence-corrected chi connectivity index (χ0v) is 13.4. The molecule has 1 atom stereocenters. The van der Waals surface area contributed by atoms with Crippen molar-refractivity contribution in [3.8, 4) is 0 Å². The third-order valence-corrected chi connectivity index (χ3v) is 3.63. The summed E-state index contributed by atoms with van der Waals surface area (Å²) >= 11 is 0. The normalized spacial score (nSPS) is 11.7. The maximum Gasteiger partial charge on any atom is 0.262 e. The van der Waals surface area contributed by atoms with Crippen molar-refractivity contribution in [1.29, 1.82) is 0 Å². The van der Waals surface area contributed by atoms with Gasteiger partial charge in [0.05, 0.1) is 6.04 Å². The number of amides is 2. The number of nitrogens with one attached hydrogen (secondary N) is 2. The maximum absolute atomic E-state index is 12.0. The average molecular weight is 303 g/mol. The fraction of sp³-hybridized carbons (Fsp3) is 0.471. The highest BCUT2D eigenvalue weighted by Gasteiger charge is 2.13. The summed E-state index contributed by atoms with van der Waals surface area (Å²) in [6.45, 7) is 5.93. The van der Waals surface area contributed by atoms with Crippen molar-refractivity contribution in [3.63, 3.8) is 0 Å². The van der Waals surface area contributed by atoms with Gasteiger partial charge in [0, 0.05) is 12.1 Å². The molecule has 1 aromatic carbocycles. The molecule has 0 bridgehead atoms. The van der Waals surface area contributed by atoms with Crippen LogP contribution in [0.15, 0.2) is 29.3 Å².